The summed E-state index contributed by atoms with van der Waals surface area (Å²) in [6.07, 6.45) is 0. The van der Waals surface area contributed by atoms with Gasteiger partial charge in [0.25, 0.3) is 0 Å². The van der Waals surface area contributed by atoms with Gasteiger partial charge in [-0.25, -0.2) is 15.0 Å². The van der Waals surface area contributed by atoms with E-state index in [1.165, 1.54) is 68.6 Å². The number of aromatic nitrogens is 4. The molecule has 0 saturated heterocycles. The molecule has 0 aliphatic heterocycles. The Labute approximate surface area is 383 Å². The zero-order valence-corrected chi connectivity index (χ0v) is 36.3. The first-order valence-electron chi connectivity index (χ1n) is 22.3. The van der Waals surface area contributed by atoms with Crippen molar-refractivity contribution < 1.29 is 0 Å². The van der Waals surface area contributed by atoms with Crippen LogP contribution in [0.5, 0.6) is 0 Å². The molecular formula is C61H36N4S. The lowest BCUT2D eigenvalue weighted by Gasteiger charge is -2.17. The van der Waals surface area contributed by atoms with Crippen LogP contribution in [0, 0.1) is 0 Å². The molecule has 3 aromatic heterocycles. The summed E-state index contributed by atoms with van der Waals surface area (Å²) in [7, 11) is 0. The average Bonchev–Trinajstić information content (AvgIpc) is 3.94. The van der Waals surface area contributed by atoms with E-state index in [0.717, 1.165) is 49.9 Å². The molecule has 0 saturated carbocycles. The number of benzene rings is 11. The van der Waals surface area contributed by atoms with Crippen LogP contribution in [0.4, 0.5) is 0 Å². The number of hydrogen-bond donors (Lipinski definition) is 0. The van der Waals surface area contributed by atoms with E-state index in [4.69, 9.17) is 15.0 Å². The molecule has 306 valence electrons. The molecule has 0 aliphatic carbocycles. The number of para-hydroxylation sites is 1. The Kier molecular flexibility index (Phi) is 8.12. The maximum Gasteiger partial charge on any atom is 0.164 e. The zero-order chi connectivity index (χ0) is 43.3. The van der Waals surface area contributed by atoms with Crippen molar-refractivity contribution in [3.05, 3.63) is 218 Å². The maximum absolute atomic E-state index is 5.51. The standard InChI is InChI=1S/C61H36N4S/c1-2-16-38(17-3-1)59-62-60(48-26-14-25-45-43-21-8-6-15-37(43)29-31-46(45)48)64-61(63-59)49-32-30-42(65-54-27-12-10-23-47(54)52-33-39-18-4-5-19-40(39)35-55(52)65)36-51(49)53-34-41-20-7-9-22-44(41)58-57(53)50-24-11-13-28-56(50)66-58/h1-36H. The lowest BCUT2D eigenvalue weighted by molar-refractivity contribution is 1.08. The Balaban J connectivity index is 1.10. The molecule has 5 heteroatoms. The highest BCUT2D eigenvalue weighted by molar-refractivity contribution is 7.26. The lowest BCUT2D eigenvalue weighted by atomic mass is 9.91. The Hall–Kier alpha value is -8.51. The number of hydrogen-bond acceptors (Lipinski definition) is 4. The topological polar surface area (TPSA) is 43.6 Å². The summed E-state index contributed by atoms with van der Waals surface area (Å²) >= 11 is 1.86. The van der Waals surface area contributed by atoms with Gasteiger partial charge in [-0.3, -0.25) is 0 Å². The molecule has 11 aromatic carbocycles. The number of thiophene rings is 1. The predicted octanol–water partition coefficient (Wildman–Crippen LogP) is 16.6. The first kappa shape index (κ1) is 36.9. The minimum absolute atomic E-state index is 0.618. The van der Waals surface area contributed by atoms with Gasteiger partial charge in [0, 0.05) is 53.3 Å². The number of rotatable bonds is 5. The average molecular weight is 857 g/mol. The van der Waals surface area contributed by atoms with Crippen LogP contribution in [0.25, 0.3) is 136 Å². The van der Waals surface area contributed by atoms with E-state index < -0.39 is 0 Å². The third kappa shape index (κ3) is 5.67. The minimum atomic E-state index is 0.618. The number of fused-ring (bicyclic) bond motifs is 12. The minimum Gasteiger partial charge on any atom is -0.309 e. The van der Waals surface area contributed by atoms with Gasteiger partial charge in [-0.15, -0.1) is 11.3 Å². The van der Waals surface area contributed by atoms with Crippen molar-refractivity contribution in [3.63, 3.8) is 0 Å². The highest BCUT2D eigenvalue weighted by Gasteiger charge is 2.23. The molecule has 0 amide bonds. The van der Waals surface area contributed by atoms with Crippen molar-refractivity contribution in [2.45, 2.75) is 0 Å². The van der Waals surface area contributed by atoms with E-state index in [9.17, 15) is 0 Å². The van der Waals surface area contributed by atoms with Gasteiger partial charge in [0.15, 0.2) is 17.5 Å². The molecule has 0 unspecified atom stereocenters. The normalized spacial score (nSPS) is 11.9. The third-order valence-electron chi connectivity index (χ3n) is 13.4. The summed E-state index contributed by atoms with van der Waals surface area (Å²) in [5.74, 6) is 1.88. The Morgan fingerprint density at radius 2 is 0.970 bits per heavy atom. The summed E-state index contributed by atoms with van der Waals surface area (Å²) in [5.41, 5.74) is 8.41. The van der Waals surface area contributed by atoms with Crippen LogP contribution in [0.2, 0.25) is 0 Å². The number of nitrogens with zero attached hydrogens (tertiary/aromatic N) is 4. The Morgan fingerprint density at radius 1 is 0.318 bits per heavy atom. The van der Waals surface area contributed by atoms with Crippen LogP contribution < -0.4 is 0 Å². The lowest BCUT2D eigenvalue weighted by Crippen LogP contribution is -2.02. The van der Waals surface area contributed by atoms with E-state index in [-0.39, 0.29) is 0 Å². The van der Waals surface area contributed by atoms with Gasteiger partial charge in [-0.1, -0.05) is 170 Å². The highest BCUT2D eigenvalue weighted by atomic mass is 32.1. The molecule has 14 aromatic rings. The van der Waals surface area contributed by atoms with Crippen molar-refractivity contribution >= 4 is 96.4 Å². The van der Waals surface area contributed by atoms with Crippen molar-refractivity contribution in [3.8, 4) is 51.0 Å². The smallest absolute Gasteiger partial charge is 0.164 e. The molecule has 4 nitrogen and oxygen atoms in total. The van der Waals surface area contributed by atoms with Crippen LogP contribution >= 0.6 is 11.3 Å². The summed E-state index contributed by atoms with van der Waals surface area (Å²) in [5, 5.41) is 14.5. The largest absolute Gasteiger partial charge is 0.309 e. The first-order chi connectivity index (χ1) is 32.7. The van der Waals surface area contributed by atoms with E-state index in [1.54, 1.807) is 0 Å². The molecule has 14 rings (SSSR count). The molecule has 0 fully saturated rings. The Morgan fingerprint density at radius 3 is 1.82 bits per heavy atom. The van der Waals surface area contributed by atoms with Gasteiger partial charge in [0.1, 0.15) is 0 Å². The quantitative estimate of drug-likeness (QED) is 0.162. The molecule has 0 N–H and O–H groups in total. The summed E-state index contributed by atoms with van der Waals surface area (Å²) in [6, 6.07) is 78.7. The van der Waals surface area contributed by atoms with Gasteiger partial charge in [-0.2, -0.15) is 0 Å². The van der Waals surface area contributed by atoms with Crippen molar-refractivity contribution in [2.24, 2.45) is 0 Å². The van der Waals surface area contributed by atoms with Crippen LogP contribution in [0.3, 0.4) is 0 Å². The predicted molar refractivity (Wildman–Crippen MR) is 279 cm³/mol. The van der Waals surface area contributed by atoms with Crippen LogP contribution in [0.1, 0.15) is 0 Å². The van der Waals surface area contributed by atoms with Crippen LogP contribution in [-0.2, 0) is 0 Å². The third-order valence-corrected chi connectivity index (χ3v) is 14.6. The fourth-order valence-corrected chi connectivity index (χ4v) is 11.6. The fraction of sp³-hybridized carbons (Fsp3) is 0. The molecular weight excluding hydrogens is 821 g/mol. The summed E-state index contributed by atoms with van der Waals surface area (Å²) in [4.78, 5) is 16.2. The van der Waals surface area contributed by atoms with Gasteiger partial charge in [0.05, 0.1) is 11.0 Å². The second kappa shape index (κ2) is 14.5. The SMILES string of the molecule is c1ccc(-c2nc(-c3ccc(-n4c5ccccc5c5cc6ccccc6cc54)cc3-c3cc4ccccc4c4sc5ccccc5c34)nc(-c3cccc4c3ccc3ccccc34)n2)cc1. The molecule has 0 atom stereocenters. The zero-order valence-electron chi connectivity index (χ0n) is 35.5. The maximum atomic E-state index is 5.51. The van der Waals surface area contributed by atoms with Crippen LogP contribution in [-0.4, -0.2) is 19.5 Å². The molecule has 66 heavy (non-hydrogen) atoms. The molecule has 0 radical (unpaired) electrons. The van der Waals surface area contributed by atoms with E-state index >= 15 is 0 Å². The molecule has 0 spiro atoms. The first-order valence-corrected chi connectivity index (χ1v) is 23.2. The van der Waals surface area contributed by atoms with Gasteiger partial charge in [0.2, 0.25) is 0 Å². The van der Waals surface area contributed by atoms with E-state index in [2.05, 4.69) is 205 Å². The second-order valence-corrected chi connectivity index (χ2v) is 18.2. The van der Waals surface area contributed by atoms with Crippen molar-refractivity contribution in [1.82, 2.24) is 19.5 Å². The summed E-state index contributed by atoms with van der Waals surface area (Å²) in [6.45, 7) is 0. The monoisotopic (exact) mass is 856 g/mol. The summed E-state index contributed by atoms with van der Waals surface area (Å²) < 4.78 is 4.96. The fourth-order valence-electron chi connectivity index (χ4n) is 10.4. The van der Waals surface area contributed by atoms with E-state index in [0.29, 0.717) is 17.5 Å². The van der Waals surface area contributed by atoms with Crippen molar-refractivity contribution in [2.75, 3.05) is 0 Å². The van der Waals surface area contributed by atoms with Crippen molar-refractivity contribution in [1.29, 1.82) is 0 Å². The molecule has 3 heterocycles. The second-order valence-electron chi connectivity index (χ2n) is 17.1. The Bertz CT molecular complexity index is 4300. The van der Waals surface area contributed by atoms with Gasteiger partial charge >= 0.3 is 0 Å². The highest BCUT2D eigenvalue weighted by Crippen LogP contribution is 2.47. The van der Waals surface area contributed by atoms with Gasteiger partial charge in [-0.05, 0) is 103 Å². The van der Waals surface area contributed by atoms with Gasteiger partial charge < -0.3 is 4.57 Å². The van der Waals surface area contributed by atoms with E-state index in [1.807, 2.05) is 29.5 Å². The molecule has 0 aliphatic rings. The van der Waals surface area contributed by atoms with Crippen LogP contribution in [0.15, 0.2) is 218 Å². The molecule has 0 bridgehead atoms.